The Balaban J connectivity index is 1.68. The first-order valence-electron chi connectivity index (χ1n) is 8.86. The number of hydrogen-bond donors (Lipinski definition) is 2. The fraction of sp³-hybridized carbons (Fsp3) is 0.474. The van der Waals surface area contributed by atoms with Gasteiger partial charge in [-0.1, -0.05) is 25.1 Å². The third-order valence-electron chi connectivity index (χ3n) is 5.25. The summed E-state index contributed by atoms with van der Waals surface area (Å²) < 4.78 is 1.83. The van der Waals surface area contributed by atoms with Crippen molar-refractivity contribution in [1.82, 2.24) is 20.0 Å². The van der Waals surface area contributed by atoms with Crippen molar-refractivity contribution in [1.29, 1.82) is 0 Å². The van der Waals surface area contributed by atoms with Crippen molar-refractivity contribution >= 4 is 6.03 Å². The van der Waals surface area contributed by atoms with E-state index in [1.54, 1.807) is 4.90 Å². The van der Waals surface area contributed by atoms with E-state index in [-0.39, 0.29) is 12.6 Å². The van der Waals surface area contributed by atoms with Crippen molar-refractivity contribution in [3.8, 4) is 5.69 Å². The predicted octanol–water partition coefficient (Wildman–Crippen LogP) is 2.63. The van der Waals surface area contributed by atoms with Gasteiger partial charge in [0.05, 0.1) is 23.5 Å². The molecule has 0 aliphatic carbocycles. The Hall–Kier alpha value is -2.34. The van der Waals surface area contributed by atoms with Gasteiger partial charge in [0.25, 0.3) is 0 Å². The van der Waals surface area contributed by atoms with E-state index in [4.69, 9.17) is 0 Å². The number of hydrogen-bond acceptors (Lipinski definition) is 3. The molecule has 0 unspecified atom stereocenters. The van der Waals surface area contributed by atoms with Gasteiger partial charge in [-0.3, -0.25) is 0 Å². The minimum Gasteiger partial charge on any atom is -0.394 e. The largest absolute Gasteiger partial charge is 0.394 e. The van der Waals surface area contributed by atoms with Crippen LogP contribution in [0.1, 0.15) is 37.4 Å². The van der Waals surface area contributed by atoms with E-state index in [2.05, 4.69) is 10.4 Å². The zero-order chi connectivity index (χ0) is 17.9. The lowest BCUT2D eigenvalue weighted by atomic mass is 9.94. The molecule has 2 N–H and O–H groups in total. The summed E-state index contributed by atoms with van der Waals surface area (Å²) in [6.07, 6.45) is 4.51. The lowest BCUT2D eigenvalue weighted by molar-refractivity contribution is 0.0808. The third-order valence-corrected chi connectivity index (χ3v) is 5.25. The Morgan fingerprint density at radius 3 is 2.80 bits per heavy atom. The zero-order valence-electron chi connectivity index (χ0n) is 14.9. The van der Waals surface area contributed by atoms with Crippen LogP contribution in [0.5, 0.6) is 0 Å². The van der Waals surface area contributed by atoms with Crippen molar-refractivity contribution in [3.63, 3.8) is 0 Å². The molecule has 0 bridgehead atoms. The number of aliphatic hydroxyl groups is 1. The first-order valence-corrected chi connectivity index (χ1v) is 8.86. The van der Waals surface area contributed by atoms with Crippen LogP contribution >= 0.6 is 0 Å². The molecule has 2 aromatic rings. The van der Waals surface area contributed by atoms with Gasteiger partial charge in [0.1, 0.15) is 0 Å². The summed E-state index contributed by atoms with van der Waals surface area (Å²) in [5, 5.41) is 17.3. The van der Waals surface area contributed by atoms with Gasteiger partial charge < -0.3 is 15.3 Å². The van der Waals surface area contributed by atoms with Crippen LogP contribution in [0.15, 0.2) is 36.5 Å². The lowest BCUT2D eigenvalue weighted by Crippen LogP contribution is -2.53. The molecule has 1 aromatic heterocycles. The molecule has 6 nitrogen and oxygen atoms in total. The minimum atomic E-state index is -0.409. The summed E-state index contributed by atoms with van der Waals surface area (Å²) in [7, 11) is 0. The number of amides is 2. The van der Waals surface area contributed by atoms with Crippen LogP contribution in [-0.4, -0.2) is 44.5 Å². The van der Waals surface area contributed by atoms with Crippen LogP contribution in [0.3, 0.4) is 0 Å². The van der Waals surface area contributed by atoms with Crippen LogP contribution in [0.2, 0.25) is 0 Å². The van der Waals surface area contributed by atoms with E-state index in [0.29, 0.717) is 13.1 Å². The van der Waals surface area contributed by atoms with Gasteiger partial charge in [-0.15, -0.1) is 0 Å². The van der Waals surface area contributed by atoms with E-state index >= 15 is 0 Å². The SMILES string of the molecule is CC[C@]1(CO)CCCN1C(=O)NCc1cn(-c2ccccc2)nc1C. The Morgan fingerprint density at radius 1 is 1.36 bits per heavy atom. The Bertz CT molecular complexity index is 722. The number of carbonyl (C=O) groups is 1. The summed E-state index contributed by atoms with van der Waals surface area (Å²) in [6.45, 7) is 5.11. The minimum absolute atomic E-state index is 0.0158. The second-order valence-corrected chi connectivity index (χ2v) is 6.67. The molecule has 134 valence electrons. The number of nitrogens with zero attached hydrogens (tertiary/aromatic N) is 3. The molecule has 2 heterocycles. The maximum atomic E-state index is 12.6. The Kier molecular flexibility index (Phi) is 5.08. The van der Waals surface area contributed by atoms with Crippen molar-refractivity contribution in [2.24, 2.45) is 0 Å². The van der Waals surface area contributed by atoms with Crippen LogP contribution in [-0.2, 0) is 6.54 Å². The first kappa shape index (κ1) is 17.5. The van der Waals surface area contributed by atoms with E-state index in [0.717, 1.165) is 36.2 Å². The highest BCUT2D eigenvalue weighted by Gasteiger charge is 2.41. The standard InChI is InChI=1S/C19H26N4O2/c1-3-19(14-24)10-7-11-22(19)18(25)20-12-16-13-23(21-15(16)2)17-8-5-4-6-9-17/h4-6,8-9,13,24H,3,7,10-12,14H2,1-2H3,(H,20,25)/t19-/m1/s1. The topological polar surface area (TPSA) is 70.4 Å². The number of aromatic nitrogens is 2. The molecule has 1 aliphatic rings. The van der Waals surface area contributed by atoms with Gasteiger partial charge in [0.15, 0.2) is 0 Å². The average Bonchev–Trinajstić information content (AvgIpc) is 3.24. The van der Waals surface area contributed by atoms with Crippen molar-refractivity contribution < 1.29 is 9.90 Å². The molecule has 25 heavy (non-hydrogen) atoms. The smallest absolute Gasteiger partial charge is 0.318 e. The van der Waals surface area contributed by atoms with Crippen molar-refractivity contribution in [3.05, 3.63) is 47.8 Å². The third kappa shape index (κ3) is 3.39. The molecule has 0 radical (unpaired) electrons. The fourth-order valence-corrected chi connectivity index (χ4v) is 3.55. The Labute approximate surface area is 148 Å². The summed E-state index contributed by atoms with van der Waals surface area (Å²) in [5.41, 5.74) is 2.47. The summed E-state index contributed by atoms with van der Waals surface area (Å²) in [4.78, 5) is 14.4. The van der Waals surface area contributed by atoms with Crippen molar-refractivity contribution in [2.75, 3.05) is 13.2 Å². The molecule has 0 spiro atoms. The number of carbonyl (C=O) groups excluding carboxylic acids is 1. The van der Waals surface area contributed by atoms with E-state index in [1.165, 1.54) is 0 Å². The molecular formula is C19H26N4O2. The molecular weight excluding hydrogens is 316 g/mol. The number of rotatable bonds is 5. The van der Waals surface area contributed by atoms with Gasteiger partial charge >= 0.3 is 6.03 Å². The van der Waals surface area contributed by atoms with Gasteiger partial charge in [0.2, 0.25) is 0 Å². The number of benzene rings is 1. The maximum Gasteiger partial charge on any atom is 0.318 e. The molecule has 3 rings (SSSR count). The molecule has 1 atom stereocenters. The number of likely N-dealkylation sites (tertiary alicyclic amines) is 1. The van der Waals surface area contributed by atoms with E-state index < -0.39 is 5.54 Å². The van der Waals surface area contributed by atoms with E-state index in [1.807, 2.05) is 55.1 Å². The molecule has 1 aliphatic heterocycles. The quantitative estimate of drug-likeness (QED) is 0.877. The summed E-state index contributed by atoms with van der Waals surface area (Å²) >= 11 is 0. The van der Waals surface area contributed by atoms with E-state index in [9.17, 15) is 9.90 Å². The van der Waals surface area contributed by atoms with Crippen LogP contribution in [0, 0.1) is 6.92 Å². The molecule has 1 saturated heterocycles. The zero-order valence-corrected chi connectivity index (χ0v) is 14.9. The molecule has 1 fully saturated rings. The highest BCUT2D eigenvalue weighted by Crippen LogP contribution is 2.31. The van der Waals surface area contributed by atoms with Gasteiger partial charge in [-0.25, -0.2) is 9.48 Å². The Morgan fingerprint density at radius 2 is 2.12 bits per heavy atom. The number of nitrogens with one attached hydrogen (secondary N) is 1. The summed E-state index contributed by atoms with van der Waals surface area (Å²) in [5.74, 6) is 0. The normalized spacial score (nSPS) is 20.0. The number of urea groups is 1. The second-order valence-electron chi connectivity index (χ2n) is 6.67. The number of para-hydroxylation sites is 1. The van der Waals surface area contributed by atoms with Crippen molar-refractivity contribution in [2.45, 2.75) is 45.2 Å². The maximum absolute atomic E-state index is 12.6. The molecule has 0 saturated carbocycles. The van der Waals surface area contributed by atoms with Crippen LogP contribution in [0.4, 0.5) is 4.79 Å². The van der Waals surface area contributed by atoms with Gasteiger partial charge in [-0.2, -0.15) is 5.10 Å². The van der Waals surface area contributed by atoms with Crippen LogP contribution in [0.25, 0.3) is 5.69 Å². The molecule has 2 amide bonds. The average molecular weight is 342 g/mol. The predicted molar refractivity (Wildman–Crippen MR) is 96.6 cm³/mol. The second kappa shape index (κ2) is 7.27. The first-order chi connectivity index (χ1) is 12.1. The fourth-order valence-electron chi connectivity index (χ4n) is 3.55. The summed E-state index contributed by atoms with van der Waals surface area (Å²) in [6, 6.07) is 9.80. The highest BCUT2D eigenvalue weighted by atomic mass is 16.3. The lowest BCUT2D eigenvalue weighted by Gasteiger charge is -2.36. The number of aryl methyl sites for hydroxylation is 1. The molecule has 6 heteroatoms. The van der Waals surface area contributed by atoms with Crippen LogP contribution < -0.4 is 5.32 Å². The van der Waals surface area contributed by atoms with Gasteiger partial charge in [-0.05, 0) is 38.3 Å². The highest BCUT2D eigenvalue weighted by molar-refractivity contribution is 5.75. The monoisotopic (exact) mass is 342 g/mol. The molecule has 1 aromatic carbocycles. The van der Waals surface area contributed by atoms with Gasteiger partial charge in [0, 0.05) is 24.8 Å². The number of aliphatic hydroxyl groups excluding tert-OH is 1.